The number of aliphatic hydroxyl groups is 1. The molecule has 174 valence electrons. The van der Waals surface area contributed by atoms with Gasteiger partial charge in [-0.3, -0.25) is 4.79 Å². The molecule has 1 saturated carbocycles. The van der Waals surface area contributed by atoms with Gasteiger partial charge >= 0.3 is 12.1 Å². The molecule has 0 bridgehead atoms. The molecule has 0 amide bonds. The third-order valence-corrected chi connectivity index (χ3v) is 6.67. The maximum absolute atomic E-state index is 13.6. The molecule has 0 saturated heterocycles. The molecule has 1 aliphatic rings. The lowest BCUT2D eigenvalue weighted by molar-refractivity contribution is -0.223. The summed E-state index contributed by atoms with van der Waals surface area (Å²) in [5, 5.41) is 17.9. The summed E-state index contributed by atoms with van der Waals surface area (Å²) in [5.41, 5.74) is -1.67. The van der Waals surface area contributed by atoms with E-state index in [9.17, 15) is 27.9 Å². The minimum absolute atomic E-state index is 0.0791. The van der Waals surface area contributed by atoms with Crippen molar-refractivity contribution in [3.05, 3.63) is 12.2 Å². The third-order valence-electron chi connectivity index (χ3n) is 6.67. The molecule has 1 aliphatic carbocycles. The van der Waals surface area contributed by atoms with Crippen molar-refractivity contribution in [2.75, 3.05) is 0 Å². The standard InChI is InChI=1S/C23H37F3O4/c1-4-5-13-22(3,23(24,25)26)14-9-11-17-16(2)15-20(28)18(17)10-7-6-8-12-19(27)21(29)30/h6-7,16-19,27H,4-5,8-15H2,1-3H3,(H,29,30)/t16-,17+,18-,19-,22-/m1/s1. The Labute approximate surface area is 177 Å². The molecule has 0 aromatic carbocycles. The van der Waals surface area contributed by atoms with Crippen molar-refractivity contribution in [3.8, 4) is 0 Å². The Bertz CT molecular complexity index is 587. The number of alkyl halides is 3. The highest BCUT2D eigenvalue weighted by Crippen LogP contribution is 2.47. The van der Waals surface area contributed by atoms with Crippen LogP contribution in [-0.2, 0) is 9.59 Å². The van der Waals surface area contributed by atoms with Crippen LogP contribution in [0.3, 0.4) is 0 Å². The molecule has 2 N–H and O–H groups in total. The molecular weight excluding hydrogens is 397 g/mol. The molecule has 0 aliphatic heterocycles. The number of hydrogen-bond acceptors (Lipinski definition) is 3. The molecule has 0 heterocycles. The summed E-state index contributed by atoms with van der Waals surface area (Å²) < 4.78 is 40.7. The van der Waals surface area contributed by atoms with Crippen molar-refractivity contribution in [1.29, 1.82) is 0 Å². The van der Waals surface area contributed by atoms with Crippen LogP contribution >= 0.6 is 0 Å². The summed E-state index contributed by atoms with van der Waals surface area (Å²) >= 11 is 0. The number of unbranched alkanes of at least 4 members (excludes halogenated alkanes) is 1. The van der Waals surface area contributed by atoms with Gasteiger partial charge in [0.2, 0.25) is 0 Å². The monoisotopic (exact) mass is 434 g/mol. The van der Waals surface area contributed by atoms with Crippen LogP contribution in [0, 0.1) is 23.2 Å². The molecule has 1 rings (SSSR count). The van der Waals surface area contributed by atoms with Crippen molar-refractivity contribution < 1.29 is 33.0 Å². The number of carbonyl (C=O) groups is 2. The average molecular weight is 435 g/mol. The number of Topliss-reactive ketones (excluding diaryl/α,β-unsaturated/α-hetero) is 1. The second-order valence-electron chi connectivity index (χ2n) is 9.11. The quantitative estimate of drug-likeness (QED) is 0.352. The van der Waals surface area contributed by atoms with Gasteiger partial charge in [0.05, 0.1) is 5.41 Å². The van der Waals surface area contributed by atoms with Crippen molar-refractivity contribution >= 4 is 11.8 Å². The van der Waals surface area contributed by atoms with E-state index in [0.29, 0.717) is 38.5 Å². The van der Waals surface area contributed by atoms with E-state index >= 15 is 0 Å². The number of aliphatic hydroxyl groups excluding tert-OH is 1. The zero-order valence-electron chi connectivity index (χ0n) is 18.4. The fraction of sp³-hybridized carbons (Fsp3) is 0.826. The summed E-state index contributed by atoms with van der Waals surface area (Å²) in [7, 11) is 0. The van der Waals surface area contributed by atoms with Crippen LogP contribution in [0.2, 0.25) is 0 Å². The highest BCUT2D eigenvalue weighted by molar-refractivity contribution is 5.84. The second-order valence-corrected chi connectivity index (χ2v) is 9.11. The molecule has 0 spiro atoms. The van der Waals surface area contributed by atoms with Crippen LogP contribution in [0.5, 0.6) is 0 Å². The number of carboxylic acid groups (broad SMARTS) is 1. The Balaban J connectivity index is 2.61. The van der Waals surface area contributed by atoms with Gasteiger partial charge in [-0.2, -0.15) is 13.2 Å². The maximum Gasteiger partial charge on any atom is 0.394 e. The lowest BCUT2D eigenvalue weighted by atomic mass is 9.77. The van der Waals surface area contributed by atoms with Gasteiger partial charge < -0.3 is 10.2 Å². The van der Waals surface area contributed by atoms with E-state index in [2.05, 4.69) is 0 Å². The van der Waals surface area contributed by atoms with Gasteiger partial charge in [0.1, 0.15) is 5.78 Å². The van der Waals surface area contributed by atoms with Crippen molar-refractivity contribution in [2.24, 2.45) is 23.2 Å². The van der Waals surface area contributed by atoms with E-state index in [0.717, 1.165) is 6.42 Å². The van der Waals surface area contributed by atoms with Crippen LogP contribution in [0.25, 0.3) is 0 Å². The van der Waals surface area contributed by atoms with Crippen LogP contribution in [0.4, 0.5) is 13.2 Å². The number of rotatable bonds is 13. The Morgan fingerprint density at radius 2 is 1.87 bits per heavy atom. The molecule has 0 radical (unpaired) electrons. The summed E-state index contributed by atoms with van der Waals surface area (Å²) in [6.45, 7) is 5.20. The molecule has 1 fully saturated rings. The third kappa shape index (κ3) is 7.71. The van der Waals surface area contributed by atoms with Crippen molar-refractivity contribution in [1.82, 2.24) is 0 Å². The van der Waals surface area contributed by atoms with E-state index in [1.165, 1.54) is 6.92 Å². The van der Waals surface area contributed by atoms with E-state index in [4.69, 9.17) is 5.11 Å². The summed E-state index contributed by atoms with van der Waals surface area (Å²) in [5.74, 6) is -1.04. The summed E-state index contributed by atoms with van der Waals surface area (Å²) in [4.78, 5) is 23.0. The molecule has 30 heavy (non-hydrogen) atoms. The number of carbonyl (C=O) groups excluding carboxylic acids is 1. The topological polar surface area (TPSA) is 74.6 Å². The Hall–Kier alpha value is -1.37. The zero-order valence-corrected chi connectivity index (χ0v) is 18.4. The smallest absolute Gasteiger partial charge is 0.394 e. The Kier molecular flexibility index (Phi) is 10.5. The number of allylic oxidation sites excluding steroid dienone is 2. The lowest BCUT2D eigenvalue weighted by Crippen LogP contribution is -2.35. The predicted molar refractivity (Wildman–Crippen MR) is 110 cm³/mol. The molecule has 0 aromatic heterocycles. The Morgan fingerprint density at radius 1 is 1.23 bits per heavy atom. The van der Waals surface area contributed by atoms with E-state index in [1.807, 2.05) is 19.9 Å². The van der Waals surface area contributed by atoms with Gasteiger partial charge in [0, 0.05) is 12.3 Å². The van der Waals surface area contributed by atoms with E-state index < -0.39 is 23.7 Å². The lowest BCUT2D eigenvalue weighted by Gasteiger charge is -2.33. The molecule has 0 aromatic rings. The first-order chi connectivity index (χ1) is 13.9. The second kappa shape index (κ2) is 11.9. The fourth-order valence-electron chi connectivity index (χ4n) is 4.49. The summed E-state index contributed by atoms with van der Waals surface area (Å²) in [6, 6.07) is 0. The maximum atomic E-state index is 13.6. The van der Waals surface area contributed by atoms with Crippen LogP contribution in [0.1, 0.15) is 85.0 Å². The van der Waals surface area contributed by atoms with E-state index in [-0.39, 0.29) is 42.8 Å². The van der Waals surface area contributed by atoms with Gasteiger partial charge in [0.25, 0.3) is 0 Å². The van der Waals surface area contributed by atoms with E-state index in [1.54, 1.807) is 6.08 Å². The minimum Gasteiger partial charge on any atom is -0.479 e. The number of hydrogen-bond donors (Lipinski definition) is 2. The van der Waals surface area contributed by atoms with Crippen LogP contribution in [0.15, 0.2) is 12.2 Å². The van der Waals surface area contributed by atoms with Gasteiger partial charge in [-0.25, -0.2) is 4.79 Å². The van der Waals surface area contributed by atoms with Gasteiger partial charge in [-0.05, 0) is 50.4 Å². The highest BCUT2D eigenvalue weighted by Gasteiger charge is 2.50. The molecular formula is C23H37F3O4. The molecule has 4 nitrogen and oxygen atoms in total. The first-order valence-electron chi connectivity index (χ1n) is 11.1. The molecule has 7 heteroatoms. The van der Waals surface area contributed by atoms with Gasteiger partial charge in [-0.1, -0.05) is 52.2 Å². The van der Waals surface area contributed by atoms with Crippen LogP contribution < -0.4 is 0 Å². The van der Waals surface area contributed by atoms with Crippen molar-refractivity contribution in [2.45, 2.75) is 97.3 Å². The predicted octanol–water partition coefficient (Wildman–Crippen LogP) is 5.93. The normalized spacial score (nSPS) is 25.6. The van der Waals surface area contributed by atoms with Crippen LogP contribution in [-0.4, -0.2) is 34.2 Å². The fourth-order valence-corrected chi connectivity index (χ4v) is 4.49. The minimum atomic E-state index is -4.22. The Morgan fingerprint density at radius 3 is 2.43 bits per heavy atom. The first-order valence-corrected chi connectivity index (χ1v) is 11.1. The number of ketones is 1. The summed E-state index contributed by atoms with van der Waals surface area (Å²) in [6.07, 6.45) is 2.06. The largest absolute Gasteiger partial charge is 0.479 e. The number of carboxylic acids is 1. The number of aliphatic carboxylic acids is 1. The van der Waals surface area contributed by atoms with Crippen molar-refractivity contribution in [3.63, 3.8) is 0 Å². The molecule has 5 atom stereocenters. The van der Waals surface area contributed by atoms with Gasteiger partial charge in [-0.15, -0.1) is 0 Å². The SMILES string of the molecule is CCCC[C@](C)(CCC[C@H]1[C@H](C)CC(=O)[C@@H]1CC=CCC[C@@H](O)C(=O)O)C(F)(F)F. The molecule has 0 unspecified atom stereocenters. The highest BCUT2D eigenvalue weighted by atomic mass is 19.4. The first kappa shape index (κ1) is 26.7. The zero-order chi connectivity index (χ0) is 22.9. The average Bonchev–Trinajstić information content (AvgIpc) is 2.91. The van der Waals surface area contributed by atoms with Gasteiger partial charge in [0.15, 0.2) is 6.10 Å². The number of halogens is 3.